The molecule has 2 saturated carbocycles. The van der Waals surface area contributed by atoms with Crippen LogP contribution in [0, 0.1) is 11.8 Å². The van der Waals surface area contributed by atoms with Crippen LogP contribution in [-0.2, 0) is 10.9 Å². The van der Waals surface area contributed by atoms with E-state index in [0.717, 1.165) is 44.6 Å². The van der Waals surface area contributed by atoms with Crippen molar-refractivity contribution in [1.29, 1.82) is 0 Å². The highest BCUT2D eigenvalue weighted by molar-refractivity contribution is 5.62. The number of nitrogen functional groups attached to an aromatic ring is 1. The quantitative estimate of drug-likeness (QED) is 0.752. The molecule has 0 aromatic carbocycles. The lowest BCUT2D eigenvalue weighted by Crippen LogP contribution is -2.36. The van der Waals surface area contributed by atoms with Crippen LogP contribution >= 0.6 is 0 Å². The molecule has 32 heavy (non-hydrogen) atoms. The normalized spacial score (nSPS) is 28.7. The summed E-state index contributed by atoms with van der Waals surface area (Å²) in [6.45, 7) is 7.92. The fourth-order valence-electron chi connectivity index (χ4n) is 5.67. The maximum Gasteiger partial charge on any atom is 0.419 e. The number of imidazole rings is 1. The van der Waals surface area contributed by atoms with Crippen molar-refractivity contribution < 1.29 is 17.9 Å². The molecule has 1 aliphatic heterocycles. The number of alkyl halides is 3. The summed E-state index contributed by atoms with van der Waals surface area (Å²) in [5.41, 5.74) is 5.43. The number of aromatic nitrogens is 3. The molecule has 2 unspecified atom stereocenters. The van der Waals surface area contributed by atoms with Crippen LogP contribution in [-0.4, -0.2) is 51.8 Å². The van der Waals surface area contributed by atoms with E-state index in [1.165, 1.54) is 19.0 Å². The van der Waals surface area contributed by atoms with Gasteiger partial charge in [0.25, 0.3) is 0 Å². The molecular weight excluding hydrogens is 419 g/mol. The standard InChI is InChI=1S/C23H30F3N5O/c1-13(2)22-29-19(14-8-18(23(24,25)26)21(27)28-11-14)12-31(22)20-16-9-15(10-17(16)20)30-4-3-6-32-7-5-30/h8,11-13,15-17,20H,3-7,9-10H2,1-2H3,(H2,27,28). The van der Waals surface area contributed by atoms with E-state index < -0.39 is 17.6 Å². The van der Waals surface area contributed by atoms with Gasteiger partial charge in [0.2, 0.25) is 0 Å². The minimum atomic E-state index is -4.54. The summed E-state index contributed by atoms with van der Waals surface area (Å²) in [4.78, 5) is 11.1. The molecule has 0 bridgehead atoms. The van der Waals surface area contributed by atoms with Gasteiger partial charge in [-0.05, 0) is 37.2 Å². The molecule has 0 spiro atoms. The molecule has 2 aromatic rings. The Morgan fingerprint density at radius 1 is 1.16 bits per heavy atom. The second-order valence-electron chi connectivity index (χ2n) is 9.65. The lowest BCUT2D eigenvalue weighted by molar-refractivity contribution is -0.137. The monoisotopic (exact) mass is 449 g/mol. The summed E-state index contributed by atoms with van der Waals surface area (Å²) < 4.78 is 47.8. The van der Waals surface area contributed by atoms with E-state index in [2.05, 4.69) is 28.3 Å². The number of nitrogens with zero attached hydrogens (tertiary/aromatic N) is 4. The third-order valence-electron chi connectivity index (χ3n) is 7.27. The number of hydrogen-bond acceptors (Lipinski definition) is 5. The SMILES string of the molecule is CC(C)c1nc(-c2cnc(N)c(C(F)(F)F)c2)cn1C1C2CC(N3CCCOCC3)CC21. The summed E-state index contributed by atoms with van der Waals surface area (Å²) >= 11 is 0. The minimum Gasteiger partial charge on any atom is -0.383 e. The Bertz CT molecular complexity index is 968. The summed E-state index contributed by atoms with van der Waals surface area (Å²) in [6.07, 6.45) is 2.18. The number of hydrogen-bond donors (Lipinski definition) is 1. The molecule has 3 fully saturated rings. The number of nitrogens with two attached hydrogens (primary N) is 1. The van der Waals surface area contributed by atoms with Crippen LogP contribution in [0.25, 0.3) is 11.3 Å². The molecule has 2 aliphatic carbocycles. The second kappa shape index (κ2) is 8.02. The smallest absolute Gasteiger partial charge is 0.383 e. The van der Waals surface area contributed by atoms with Gasteiger partial charge in [0.15, 0.2) is 0 Å². The predicted octanol–water partition coefficient (Wildman–Crippen LogP) is 4.34. The average Bonchev–Trinajstić information content (AvgIpc) is 3.06. The van der Waals surface area contributed by atoms with E-state index in [0.29, 0.717) is 35.2 Å². The number of fused-ring (bicyclic) bond motifs is 1. The number of rotatable bonds is 4. The molecule has 9 heteroatoms. The molecule has 174 valence electrons. The van der Waals surface area contributed by atoms with Crippen molar-refractivity contribution in [2.45, 2.75) is 57.3 Å². The molecule has 0 amide bonds. The third kappa shape index (κ3) is 3.90. The summed E-state index contributed by atoms with van der Waals surface area (Å²) in [5.74, 6) is 1.81. The van der Waals surface area contributed by atoms with Crippen molar-refractivity contribution in [2.75, 3.05) is 32.0 Å². The van der Waals surface area contributed by atoms with Crippen LogP contribution in [0.15, 0.2) is 18.5 Å². The Kier molecular flexibility index (Phi) is 5.44. The van der Waals surface area contributed by atoms with Gasteiger partial charge < -0.3 is 15.0 Å². The molecule has 2 atom stereocenters. The molecule has 6 nitrogen and oxygen atoms in total. The second-order valence-corrected chi connectivity index (χ2v) is 9.65. The van der Waals surface area contributed by atoms with Crippen LogP contribution in [0.2, 0.25) is 0 Å². The van der Waals surface area contributed by atoms with Crippen molar-refractivity contribution in [2.24, 2.45) is 11.8 Å². The van der Waals surface area contributed by atoms with Crippen molar-refractivity contribution in [3.63, 3.8) is 0 Å². The van der Waals surface area contributed by atoms with E-state index >= 15 is 0 Å². The first kappa shape index (κ1) is 21.7. The number of anilines is 1. The van der Waals surface area contributed by atoms with Gasteiger partial charge in [-0.2, -0.15) is 13.2 Å². The highest BCUT2D eigenvalue weighted by atomic mass is 19.4. The average molecular weight is 450 g/mol. The van der Waals surface area contributed by atoms with Gasteiger partial charge in [0.1, 0.15) is 11.6 Å². The highest BCUT2D eigenvalue weighted by Gasteiger charge is 2.58. The Morgan fingerprint density at radius 3 is 2.59 bits per heavy atom. The van der Waals surface area contributed by atoms with Crippen molar-refractivity contribution in [3.05, 3.63) is 29.8 Å². The molecule has 0 radical (unpaired) electrons. The van der Waals surface area contributed by atoms with Crippen molar-refractivity contribution in [1.82, 2.24) is 19.4 Å². The van der Waals surface area contributed by atoms with E-state index in [4.69, 9.17) is 15.5 Å². The van der Waals surface area contributed by atoms with E-state index in [9.17, 15) is 13.2 Å². The Balaban J connectivity index is 1.37. The van der Waals surface area contributed by atoms with E-state index in [1.807, 2.05) is 6.20 Å². The zero-order chi connectivity index (χ0) is 22.6. The maximum absolute atomic E-state index is 13.3. The first-order valence-corrected chi connectivity index (χ1v) is 11.5. The Hall–Kier alpha value is -2.13. The largest absolute Gasteiger partial charge is 0.419 e. The molecular formula is C23H30F3N5O. The molecule has 2 aromatic heterocycles. The number of halogens is 3. The number of ether oxygens (including phenoxy) is 1. The van der Waals surface area contributed by atoms with Gasteiger partial charge in [0, 0.05) is 55.7 Å². The summed E-state index contributed by atoms with van der Waals surface area (Å²) in [5, 5.41) is 0. The van der Waals surface area contributed by atoms with Gasteiger partial charge in [0.05, 0.1) is 17.9 Å². The van der Waals surface area contributed by atoms with Crippen LogP contribution in [0.4, 0.5) is 19.0 Å². The van der Waals surface area contributed by atoms with Gasteiger partial charge in [-0.1, -0.05) is 13.8 Å². The molecule has 1 saturated heterocycles. The van der Waals surface area contributed by atoms with Gasteiger partial charge in [-0.3, -0.25) is 4.90 Å². The third-order valence-corrected chi connectivity index (χ3v) is 7.27. The van der Waals surface area contributed by atoms with Gasteiger partial charge in [-0.15, -0.1) is 0 Å². The summed E-state index contributed by atoms with van der Waals surface area (Å²) in [7, 11) is 0. The van der Waals surface area contributed by atoms with E-state index in [-0.39, 0.29) is 5.92 Å². The predicted molar refractivity (Wildman–Crippen MR) is 115 cm³/mol. The lowest BCUT2D eigenvalue weighted by Gasteiger charge is -2.29. The number of pyridine rings is 1. The van der Waals surface area contributed by atoms with Crippen molar-refractivity contribution >= 4 is 5.82 Å². The zero-order valence-electron chi connectivity index (χ0n) is 18.5. The van der Waals surface area contributed by atoms with Gasteiger partial charge in [-0.25, -0.2) is 9.97 Å². The van der Waals surface area contributed by atoms with Crippen LogP contribution in [0.3, 0.4) is 0 Å². The Labute approximate surface area is 186 Å². The van der Waals surface area contributed by atoms with Crippen LogP contribution in [0.1, 0.15) is 56.5 Å². The molecule has 5 rings (SSSR count). The fourth-order valence-corrected chi connectivity index (χ4v) is 5.67. The first-order valence-electron chi connectivity index (χ1n) is 11.5. The van der Waals surface area contributed by atoms with Gasteiger partial charge >= 0.3 is 6.18 Å². The molecule has 3 heterocycles. The maximum atomic E-state index is 13.3. The van der Waals surface area contributed by atoms with Crippen LogP contribution < -0.4 is 5.73 Å². The highest BCUT2D eigenvalue weighted by Crippen LogP contribution is 2.62. The minimum absolute atomic E-state index is 0.174. The Morgan fingerprint density at radius 2 is 1.91 bits per heavy atom. The fraction of sp³-hybridized carbons (Fsp3) is 0.652. The lowest BCUT2D eigenvalue weighted by atomic mass is 10.1. The topological polar surface area (TPSA) is 69.2 Å². The summed E-state index contributed by atoms with van der Waals surface area (Å²) in [6, 6.07) is 2.06. The first-order chi connectivity index (χ1) is 15.2. The molecule has 2 N–H and O–H groups in total. The zero-order valence-corrected chi connectivity index (χ0v) is 18.5. The van der Waals surface area contributed by atoms with Crippen LogP contribution in [0.5, 0.6) is 0 Å². The van der Waals surface area contributed by atoms with E-state index in [1.54, 1.807) is 0 Å². The van der Waals surface area contributed by atoms with Crippen molar-refractivity contribution in [3.8, 4) is 11.3 Å². The molecule has 3 aliphatic rings.